The first-order valence-electron chi connectivity index (χ1n) is 10.4. The van der Waals surface area contributed by atoms with Crippen molar-refractivity contribution in [1.29, 1.82) is 0 Å². The van der Waals surface area contributed by atoms with Gasteiger partial charge < -0.3 is 9.47 Å². The fourth-order valence-corrected chi connectivity index (χ4v) is 7.47. The highest BCUT2D eigenvalue weighted by molar-refractivity contribution is 7.82. The van der Waals surface area contributed by atoms with Gasteiger partial charge in [0.1, 0.15) is 18.0 Å². The van der Waals surface area contributed by atoms with Crippen molar-refractivity contribution in [2.45, 2.75) is 64.1 Å². The fraction of sp³-hybridized carbons (Fsp3) is 0.714. The van der Waals surface area contributed by atoms with E-state index in [4.69, 9.17) is 17.8 Å². The number of fused-ring (bicyclic) bond motifs is 7. The number of rotatable bonds is 4. The predicted octanol–water partition coefficient (Wildman–Crippen LogP) is 3.55. The van der Waals surface area contributed by atoms with E-state index < -0.39 is 10.4 Å². The number of aryl methyl sites for hydroxylation is 1. The van der Waals surface area contributed by atoms with Gasteiger partial charge >= 0.3 is 10.4 Å². The molecule has 154 valence electrons. The molecule has 1 heterocycles. The van der Waals surface area contributed by atoms with E-state index in [1.807, 2.05) is 6.92 Å². The van der Waals surface area contributed by atoms with E-state index in [-0.39, 0.29) is 24.4 Å². The maximum atomic E-state index is 11.8. The van der Waals surface area contributed by atoms with Gasteiger partial charge in [-0.2, -0.15) is 8.42 Å². The van der Waals surface area contributed by atoms with Gasteiger partial charge in [-0.1, -0.05) is 13.0 Å². The van der Waals surface area contributed by atoms with E-state index in [0.29, 0.717) is 24.4 Å². The van der Waals surface area contributed by atoms with E-state index in [2.05, 4.69) is 25.1 Å². The van der Waals surface area contributed by atoms with Crippen LogP contribution in [0.5, 0.6) is 5.75 Å². The molecule has 6 atom stereocenters. The highest BCUT2D eigenvalue weighted by atomic mass is 32.3. The Morgan fingerprint density at radius 2 is 2.11 bits per heavy atom. The average molecular weight is 409 g/mol. The zero-order valence-corrected chi connectivity index (χ0v) is 17.2. The maximum absolute atomic E-state index is 11.8. The monoisotopic (exact) mass is 408 g/mol. The second kappa shape index (κ2) is 6.69. The van der Waals surface area contributed by atoms with E-state index in [9.17, 15) is 8.42 Å². The molecule has 0 bridgehead atoms. The molecule has 3 aliphatic carbocycles. The molecular formula is C21H28O6S. The minimum atomic E-state index is -3.81. The Hall–Kier alpha value is -1.15. The van der Waals surface area contributed by atoms with E-state index >= 15 is 0 Å². The number of hydrogen-bond acceptors (Lipinski definition) is 6. The molecule has 0 N–H and O–H groups in total. The zero-order chi connectivity index (χ0) is 19.5. The quantitative estimate of drug-likeness (QED) is 0.560. The smallest absolute Gasteiger partial charge is 0.400 e. The lowest BCUT2D eigenvalue weighted by Gasteiger charge is -2.50. The summed E-state index contributed by atoms with van der Waals surface area (Å²) in [5, 5.41) is 0. The van der Waals surface area contributed by atoms with E-state index in [1.165, 1.54) is 11.1 Å². The first kappa shape index (κ1) is 18.9. The summed E-state index contributed by atoms with van der Waals surface area (Å²) in [4.78, 5) is 0. The molecule has 6 nitrogen and oxygen atoms in total. The molecule has 1 aromatic carbocycles. The Bertz CT molecular complexity index is 868. The van der Waals surface area contributed by atoms with Crippen molar-refractivity contribution in [1.82, 2.24) is 0 Å². The minimum absolute atomic E-state index is 0.118. The normalized spacial score (nSPS) is 40.3. The Morgan fingerprint density at radius 1 is 1.25 bits per heavy atom. The maximum Gasteiger partial charge on any atom is 0.400 e. The average Bonchev–Trinajstić information content (AvgIpc) is 3.11. The number of benzene rings is 1. The molecule has 1 saturated heterocycles. The molecule has 0 amide bonds. The van der Waals surface area contributed by atoms with Crippen LogP contribution in [0.25, 0.3) is 0 Å². The summed E-state index contributed by atoms with van der Waals surface area (Å²) in [7, 11) is -3.81. The summed E-state index contributed by atoms with van der Waals surface area (Å²) < 4.78 is 45.2. The van der Waals surface area contributed by atoms with Gasteiger partial charge in [-0.3, -0.25) is 0 Å². The summed E-state index contributed by atoms with van der Waals surface area (Å²) in [5.74, 6) is 2.40. The van der Waals surface area contributed by atoms with Crippen molar-refractivity contribution in [3.05, 3.63) is 29.3 Å². The highest BCUT2D eigenvalue weighted by Gasteiger charge is 2.63. The molecule has 4 aliphatic rings. The molecular weight excluding hydrogens is 380 g/mol. The van der Waals surface area contributed by atoms with Gasteiger partial charge in [0, 0.05) is 12.0 Å². The van der Waals surface area contributed by atoms with Crippen molar-refractivity contribution in [2.24, 2.45) is 17.3 Å². The van der Waals surface area contributed by atoms with E-state index in [0.717, 1.165) is 37.9 Å². The predicted molar refractivity (Wildman–Crippen MR) is 102 cm³/mol. The van der Waals surface area contributed by atoms with Crippen molar-refractivity contribution in [3.63, 3.8) is 0 Å². The van der Waals surface area contributed by atoms with Gasteiger partial charge in [-0.15, -0.1) is 0 Å². The molecule has 28 heavy (non-hydrogen) atoms. The van der Waals surface area contributed by atoms with Crippen molar-refractivity contribution in [2.75, 3.05) is 13.4 Å². The molecule has 7 heteroatoms. The molecule has 0 spiro atoms. The molecule has 3 fully saturated rings. The lowest BCUT2D eigenvalue weighted by atomic mass is 9.55. The topological polar surface area (TPSA) is 71.1 Å². The summed E-state index contributed by atoms with van der Waals surface area (Å²) in [6.45, 7) is 5.10. The van der Waals surface area contributed by atoms with Crippen molar-refractivity contribution in [3.8, 4) is 5.75 Å². The second-order valence-corrected chi connectivity index (χ2v) is 10.1. The highest BCUT2D eigenvalue weighted by Crippen LogP contribution is 2.63. The Kier molecular flexibility index (Phi) is 4.50. The number of ether oxygens (including phenoxy) is 2. The van der Waals surface area contributed by atoms with Crippen LogP contribution in [0.15, 0.2) is 18.2 Å². The summed E-state index contributed by atoms with van der Waals surface area (Å²) in [6.07, 6.45) is 4.35. The summed E-state index contributed by atoms with van der Waals surface area (Å²) >= 11 is 0. The van der Waals surface area contributed by atoms with Crippen LogP contribution in [0.3, 0.4) is 0 Å². The van der Waals surface area contributed by atoms with Gasteiger partial charge in [0.15, 0.2) is 6.79 Å². The van der Waals surface area contributed by atoms with Gasteiger partial charge in [0.05, 0.1) is 0 Å². The van der Waals surface area contributed by atoms with Crippen LogP contribution in [-0.2, 0) is 29.9 Å². The van der Waals surface area contributed by atoms with E-state index in [1.54, 1.807) is 0 Å². The van der Waals surface area contributed by atoms with Gasteiger partial charge in [0.2, 0.25) is 0 Å². The van der Waals surface area contributed by atoms with Gasteiger partial charge in [-0.25, -0.2) is 8.37 Å². The van der Waals surface area contributed by atoms with Crippen LogP contribution in [0, 0.1) is 17.3 Å². The lowest BCUT2D eigenvalue weighted by molar-refractivity contribution is -0.00576. The Morgan fingerprint density at radius 3 is 2.93 bits per heavy atom. The fourth-order valence-electron chi connectivity index (χ4n) is 6.35. The second-order valence-electron chi connectivity index (χ2n) is 8.87. The van der Waals surface area contributed by atoms with Crippen molar-refractivity contribution < 1.29 is 26.3 Å². The molecule has 1 aliphatic heterocycles. The molecule has 2 saturated carbocycles. The third kappa shape index (κ3) is 2.90. The summed E-state index contributed by atoms with van der Waals surface area (Å²) in [6, 6.07) is 6.44. The molecule has 1 unspecified atom stereocenters. The van der Waals surface area contributed by atoms with Crippen LogP contribution >= 0.6 is 0 Å². The third-order valence-corrected chi connectivity index (χ3v) is 8.51. The lowest BCUT2D eigenvalue weighted by Crippen LogP contribution is -2.44. The van der Waals surface area contributed by atoms with Gasteiger partial charge in [0.25, 0.3) is 0 Å². The standard InChI is InChI=1S/C21H28O6S/c1-3-24-12-25-14-5-7-15-13(10-14)4-6-17-16(15)8-9-21(2)18(17)11-19-20(21)27-28(22,23)26-19/h5,7,10,16-20H,3-4,6,8-9,11-12H2,1-2H3/t16-,17-,18?,19+,20+,21+/m1/s1. The van der Waals surface area contributed by atoms with Crippen LogP contribution < -0.4 is 4.74 Å². The Balaban J connectivity index is 1.37. The third-order valence-electron chi connectivity index (χ3n) is 7.59. The number of hydrogen-bond donors (Lipinski definition) is 0. The molecule has 0 aromatic heterocycles. The first-order valence-corrected chi connectivity index (χ1v) is 11.7. The first-order chi connectivity index (χ1) is 13.4. The molecule has 0 radical (unpaired) electrons. The van der Waals surface area contributed by atoms with Crippen LogP contribution in [0.4, 0.5) is 0 Å². The largest absolute Gasteiger partial charge is 0.468 e. The molecule has 5 rings (SSSR count). The van der Waals surface area contributed by atoms with Crippen LogP contribution in [0.1, 0.15) is 56.6 Å². The Labute approximate surface area is 166 Å². The zero-order valence-electron chi connectivity index (χ0n) is 16.4. The SMILES string of the molecule is CCOCOc1ccc2c(c1)CC[C@H]1C3C[C@@H]4OS(=O)(=O)O[C@@H]4[C@@]3(C)CC[C@H]21. The minimum Gasteiger partial charge on any atom is -0.468 e. The van der Waals surface area contributed by atoms with Crippen LogP contribution in [0.2, 0.25) is 0 Å². The van der Waals surface area contributed by atoms with Crippen molar-refractivity contribution >= 4 is 10.4 Å². The van der Waals surface area contributed by atoms with Gasteiger partial charge in [-0.05, 0) is 80.0 Å². The summed E-state index contributed by atoms with van der Waals surface area (Å²) in [5.41, 5.74) is 2.70. The molecule has 1 aromatic rings. The van der Waals surface area contributed by atoms with Crippen LogP contribution in [-0.4, -0.2) is 34.0 Å².